The van der Waals surface area contributed by atoms with Gasteiger partial charge in [-0.25, -0.2) is 0 Å². The molecular formula is C28H53NO9S. The van der Waals surface area contributed by atoms with Crippen LogP contribution in [-0.4, -0.2) is 61.2 Å². The van der Waals surface area contributed by atoms with E-state index in [0.29, 0.717) is 6.42 Å². The van der Waals surface area contributed by atoms with Crippen molar-refractivity contribution < 1.29 is 41.9 Å². The molecule has 2 atom stereocenters. The van der Waals surface area contributed by atoms with E-state index in [4.69, 9.17) is 14.2 Å². The molecule has 0 rings (SSSR count). The van der Waals surface area contributed by atoms with Crippen molar-refractivity contribution in [3.63, 3.8) is 0 Å². The highest BCUT2D eigenvalue weighted by Gasteiger charge is 2.35. The van der Waals surface area contributed by atoms with E-state index in [1.165, 1.54) is 51.2 Å². The molecule has 0 bridgehead atoms. The second-order valence-electron chi connectivity index (χ2n) is 9.45. The number of ether oxygens (including phenoxy) is 3. The number of aliphatic hydroxyl groups is 1. The topological polar surface area (TPSA) is 171 Å². The third kappa shape index (κ3) is 24.8. The lowest BCUT2D eigenvalue weighted by Gasteiger charge is -2.14. The van der Waals surface area contributed by atoms with Crippen LogP contribution in [0.4, 0.5) is 0 Å². The Labute approximate surface area is 235 Å². The number of hydrogen-bond acceptors (Lipinski definition) is 9. The minimum atomic E-state index is -4.87. The van der Waals surface area contributed by atoms with E-state index >= 15 is 0 Å². The molecule has 0 heterocycles. The van der Waals surface area contributed by atoms with Crippen molar-refractivity contribution in [2.24, 2.45) is 0 Å². The number of esters is 2. The maximum absolute atomic E-state index is 12.1. The van der Waals surface area contributed by atoms with Gasteiger partial charge in [0, 0.05) is 0 Å². The highest BCUT2D eigenvalue weighted by Crippen LogP contribution is 2.12. The molecule has 0 saturated heterocycles. The lowest BCUT2D eigenvalue weighted by molar-refractivity contribution is -0.152. The Balaban J connectivity index is 0. The Morgan fingerprint density at radius 2 is 1.36 bits per heavy atom. The lowest BCUT2D eigenvalue weighted by Crippen LogP contribution is -2.35. The third-order valence-corrected chi connectivity index (χ3v) is 6.91. The zero-order chi connectivity index (χ0) is 28.5. The van der Waals surface area contributed by atoms with E-state index in [2.05, 4.69) is 19.1 Å². The minimum Gasteiger partial charge on any atom is -0.499 e. The summed E-state index contributed by atoms with van der Waals surface area (Å²) in [5.41, 5.74) is 0. The fourth-order valence-electron chi connectivity index (χ4n) is 3.64. The van der Waals surface area contributed by atoms with Crippen molar-refractivity contribution >= 4 is 22.1 Å². The van der Waals surface area contributed by atoms with Crippen molar-refractivity contribution in [3.8, 4) is 0 Å². The summed E-state index contributed by atoms with van der Waals surface area (Å²) >= 11 is 0. The van der Waals surface area contributed by atoms with Crippen LogP contribution in [0.5, 0.6) is 0 Å². The summed E-state index contributed by atoms with van der Waals surface area (Å²) in [6.45, 7) is 3.38. The van der Waals surface area contributed by atoms with E-state index in [1.54, 1.807) is 13.0 Å². The van der Waals surface area contributed by atoms with Crippen LogP contribution in [0.15, 0.2) is 24.5 Å². The Morgan fingerprint density at radius 1 is 0.821 bits per heavy atom. The molecule has 11 heteroatoms. The molecule has 0 fully saturated rings. The number of unbranched alkanes of at least 4 members (excludes halogenated alkanes) is 12. The summed E-state index contributed by atoms with van der Waals surface area (Å²) in [6.07, 6.45) is 21.4. The SMILES string of the molecule is CC=COCC(O)COC(=O)CC(C(=O)OCCCCCCCC/C=C\CCCCCCCC)S(=O)(=O)O.N. The number of carbonyl (C=O) groups is 2. The molecular weight excluding hydrogens is 526 g/mol. The monoisotopic (exact) mass is 579 g/mol. The first-order valence-corrected chi connectivity index (χ1v) is 15.6. The van der Waals surface area contributed by atoms with Crippen LogP contribution >= 0.6 is 0 Å². The van der Waals surface area contributed by atoms with Crippen molar-refractivity contribution in [2.75, 3.05) is 19.8 Å². The first kappa shape index (κ1) is 39.2. The van der Waals surface area contributed by atoms with E-state index in [0.717, 1.165) is 38.5 Å². The van der Waals surface area contributed by atoms with Gasteiger partial charge in [-0.05, 0) is 39.0 Å². The van der Waals surface area contributed by atoms with Gasteiger partial charge in [-0.2, -0.15) is 8.42 Å². The van der Waals surface area contributed by atoms with Crippen LogP contribution in [0.25, 0.3) is 0 Å². The largest absolute Gasteiger partial charge is 0.499 e. The predicted molar refractivity (Wildman–Crippen MR) is 153 cm³/mol. The average Bonchev–Trinajstić information content (AvgIpc) is 2.87. The summed E-state index contributed by atoms with van der Waals surface area (Å²) in [4.78, 5) is 24.0. The zero-order valence-corrected chi connectivity index (χ0v) is 24.9. The van der Waals surface area contributed by atoms with Crippen molar-refractivity contribution in [3.05, 3.63) is 24.5 Å². The standard InChI is InChI=1S/C28H50O9S.H3N/c1-3-5-6-7-8-9-10-11-12-13-14-15-16-17-18-19-21-36-28(31)26(38(32,33)34)22-27(30)37-24-25(29)23-35-20-4-2;/h4,11-12,20,25-26,29H,3,5-10,13-19,21-24H2,1-2H3,(H,32,33,34);1H3/b12-11-,20-4?;. The highest BCUT2D eigenvalue weighted by molar-refractivity contribution is 7.87. The summed E-state index contributed by atoms with van der Waals surface area (Å²) in [5, 5.41) is 7.58. The predicted octanol–water partition coefficient (Wildman–Crippen LogP) is 5.83. The zero-order valence-electron chi connectivity index (χ0n) is 24.1. The van der Waals surface area contributed by atoms with Gasteiger partial charge in [-0.1, -0.05) is 82.9 Å². The molecule has 39 heavy (non-hydrogen) atoms. The molecule has 10 nitrogen and oxygen atoms in total. The Bertz CT molecular complexity index is 769. The highest BCUT2D eigenvalue weighted by atomic mass is 32.2. The average molecular weight is 580 g/mol. The van der Waals surface area contributed by atoms with Crippen LogP contribution in [0.2, 0.25) is 0 Å². The van der Waals surface area contributed by atoms with Crippen molar-refractivity contribution in [1.82, 2.24) is 6.15 Å². The molecule has 0 aromatic heterocycles. The minimum absolute atomic E-state index is 0. The third-order valence-electron chi connectivity index (χ3n) is 5.83. The molecule has 0 aliphatic carbocycles. The second-order valence-corrected chi connectivity index (χ2v) is 11.1. The smallest absolute Gasteiger partial charge is 0.327 e. The van der Waals surface area contributed by atoms with Crippen LogP contribution < -0.4 is 6.15 Å². The van der Waals surface area contributed by atoms with Gasteiger partial charge in [0.25, 0.3) is 10.1 Å². The van der Waals surface area contributed by atoms with Gasteiger partial charge in [0.2, 0.25) is 0 Å². The van der Waals surface area contributed by atoms with Crippen molar-refractivity contribution in [2.45, 2.75) is 122 Å². The fraction of sp³-hybridized carbons (Fsp3) is 0.786. The second kappa shape index (κ2) is 26.3. The molecule has 0 aliphatic rings. The van der Waals surface area contributed by atoms with Crippen LogP contribution in [0.3, 0.4) is 0 Å². The van der Waals surface area contributed by atoms with Gasteiger partial charge in [-0.15, -0.1) is 0 Å². The number of rotatable bonds is 25. The van der Waals surface area contributed by atoms with Gasteiger partial charge < -0.3 is 25.5 Å². The lowest BCUT2D eigenvalue weighted by atomic mass is 10.1. The molecule has 230 valence electrons. The molecule has 0 saturated carbocycles. The number of carbonyl (C=O) groups excluding carboxylic acids is 2. The summed E-state index contributed by atoms with van der Waals surface area (Å²) in [7, 11) is -4.87. The quantitative estimate of drug-likeness (QED) is 0.0393. The first-order valence-electron chi connectivity index (χ1n) is 14.1. The van der Waals surface area contributed by atoms with Gasteiger partial charge in [0.15, 0.2) is 5.25 Å². The van der Waals surface area contributed by atoms with E-state index in [9.17, 15) is 27.7 Å². The summed E-state index contributed by atoms with van der Waals surface area (Å²) in [5.74, 6) is -2.26. The molecule has 0 aromatic rings. The Morgan fingerprint density at radius 3 is 1.90 bits per heavy atom. The Hall–Kier alpha value is -1.95. The van der Waals surface area contributed by atoms with Crippen LogP contribution in [0, 0.1) is 0 Å². The molecule has 0 spiro atoms. The molecule has 0 aromatic carbocycles. The summed E-state index contributed by atoms with van der Waals surface area (Å²) < 4.78 is 47.2. The molecule has 2 unspecified atom stereocenters. The molecule has 0 amide bonds. The van der Waals surface area contributed by atoms with Gasteiger partial charge in [-0.3, -0.25) is 14.1 Å². The van der Waals surface area contributed by atoms with Gasteiger partial charge in [0.1, 0.15) is 19.3 Å². The first-order chi connectivity index (χ1) is 18.2. The number of hydrogen-bond donors (Lipinski definition) is 3. The Kier molecular flexibility index (Phi) is 26.4. The maximum atomic E-state index is 12.1. The van der Waals surface area contributed by atoms with E-state index in [1.807, 2.05) is 0 Å². The number of allylic oxidation sites excluding steroid dienone is 3. The molecule has 5 N–H and O–H groups in total. The normalized spacial score (nSPS) is 13.2. The maximum Gasteiger partial charge on any atom is 0.327 e. The number of aliphatic hydroxyl groups excluding tert-OH is 1. The molecule has 0 radical (unpaired) electrons. The molecule has 0 aliphatic heterocycles. The van der Waals surface area contributed by atoms with Crippen molar-refractivity contribution in [1.29, 1.82) is 0 Å². The van der Waals surface area contributed by atoms with Gasteiger partial charge in [0.05, 0.1) is 19.3 Å². The van der Waals surface area contributed by atoms with E-state index in [-0.39, 0.29) is 19.4 Å². The fourth-order valence-corrected chi connectivity index (χ4v) is 4.29. The van der Waals surface area contributed by atoms with E-state index < -0.39 is 46.4 Å². The van der Waals surface area contributed by atoms with Gasteiger partial charge >= 0.3 is 11.9 Å². The van der Waals surface area contributed by atoms with Crippen LogP contribution in [0.1, 0.15) is 110 Å². The summed E-state index contributed by atoms with van der Waals surface area (Å²) in [6, 6.07) is 0. The van der Waals surface area contributed by atoms with Crippen LogP contribution in [-0.2, 0) is 33.9 Å².